The summed E-state index contributed by atoms with van der Waals surface area (Å²) in [5, 5.41) is 0. The molecule has 0 N–H and O–H groups in total. The number of rotatable bonds is 3. The lowest BCUT2D eigenvalue weighted by molar-refractivity contribution is 0.144. The zero-order valence-electron chi connectivity index (χ0n) is 15.2. The van der Waals surface area contributed by atoms with Crippen LogP contribution in [0.15, 0.2) is 48.5 Å². The summed E-state index contributed by atoms with van der Waals surface area (Å²) >= 11 is 0. The normalized spacial score (nSPS) is 15.3. The largest absolute Gasteiger partial charge is 0.331 e. The molecular weight excluding hydrogens is 334 g/mol. The fourth-order valence-corrected chi connectivity index (χ4v) is 3.78. The Morgan fingerprint density at radius 3 is 1.73 bits per heavy atom. The van der Waals surface area contributed by atoms with Crippen LogP contribution in [0.2, 0.25) is 0 Å². The molecule has 3 rings (SSSR count). The topological polar surface area (TPSA) is 23.6 Å². The van der Waals surface area contributed by atoms with Gasteiger partial charge in [-0.1, -0.05) is 24.3 Å². The summed E-state index contributed by atoms with van der Waals surface area (Å²) in [6.45, 7) is 1.39. The number of carbonyl (C=O) groups is 1. The highest BCUT2D eigenvalue weighted by Gasteiger charge is 2.31. The highest BCUT2D eigenvalue weighted by Crippen LogP contribution is 2.38. The second kappa shape index (κ2) is 7.85. The average Bonchev–Trinajstić information content (AvgIpc) is 2.65. The standard InChI is InChI=1S/C21H24F2N2O/c1-24(2)21(26)25-13-11-17(12-14-25)20(15-3-7-18(22)8-4-15)16-5-9-19(23)10-6-16/h3-10,17,20H,11-14H2,1-2H3. The van der Waals surface area contributed by atoms with Crippen molar-refractivity contribution in [1.29, 1.82) is 0 Å². The number of amides is 2. The molecule has 0 radical (unpaired) electrons. The van der Waals surface area contributed by atoms with Gasteiger partial charge in [-0.25, -0.2) is 13.6 Å². The smallest absolute Gasteiger partial charge is 0.319 e. The molecule has 2 amide bonds. The second-order valence-corrected chi connectivity index (χ2v) is 7.08. The van der Waals surface area contributed by atoms with E-state index in [4.69, 9.17) is 0 Å². The van der Waals surface area contributed by atoms with Crippen LogP contribution in [-0.2, 0) is 0 Å². The first-order valence-electron chi connectivity index (χ1n) is 8.93. The molecule has 0 spiro atoms. The van der Waals surface area contributed by atoms with Crippen molar-refractivity contribution in [3.8, 4) is 0 Å². The summed E-state index contributed by atoms with van der Waals surface area (Å²) in [7, 11) is 3.52. The van der Waals surface area contributed by atoms with Gasteiger partial charge in [0.25, 0.3) is 0 Å². The van der Waals surface area contributed by atoms with Crippen LogP contribution in [0, 0.1) is 17.6 Å². The highest BCUT2D eigenvalue weighted by molar-refractivity contribution is 5.73. The number of hydrogen-bond acceptors (Lipinski definition) is 1. The van der Waals surface area contributed by atoms with Gasteiger partial charge in [0.15, 0.2) is 0 Å². The number of piperidine rings is 1. The number of hydrogen-bond donors (Lipinski definition) is 0. The number of urea groups is 1. The third kappa shape index (κ3) is 4.03. The lowest BCUT2D eigenvalue weighted by Gasteiger charge is -2.37. The van der Waals surface area contributed by atoms with Crippen molar-refractivity contribution in [2.45, 2.75) is 18.8 Å². The number of carbonyl (C=O) groups excluding carboxylic acids is 1. The predicted octanol–water partition coefficient (Wildman–Crippen LogP) is 4.49. The molecular formula is C21H24F2N2O. The van der Waals surface area contributed by atoms with Gasteiger partial charge >= 0.3 is 6.03 Å². The van der Waals surface area contributed by atoms with Crippen molar-refractivity contribution in [2.24, 2.45) is 5.92 Å². The predicted molar refractivity (Wildman–Crippen MR) is 98.0 cm³/mol. The molecule has 5 heteroatoms. The average molecular weight is 358 g/mol. The molecule has 138 valence electrons. The summed E-state index contributed by atoms with van der Waals surface area (Å²) < 4.78 is 26.7. The summed E-state index contributed by atoms with van der Waals surface area (Å²) in [6.07, 6.45) is 1.72. The lowest BCUT2D eigenvalue weighted by Crippen LogP contribution is -2.44. The molecule has 26 heavy (non-hydrogen) atoms. The number of halogens is 2. The Hall–Kier alpha value is -2.43. The molecule has 1 aliphatic rings. The van der Waals surface area contributed by atoms with E-state index in [0.29, 0.717) is 19.0 Å². The molecule has 0 bridgehead atoms. The Kier molecular flexibility index (Phi) is 5.55. The van der Waals surface area contributed by atoms with Gasteiger partial charge in [0.2, 0.25) is 0 Å². The van der Waals surface area contributed by atoms with E-state index in [-0.39, 0.29) is 23.6 Å². The maximum atomic E-state index is 13.4. The summed E-state index contributed by atoms with van der Waals surface area (Å²) in [4.78, 5) is 15.6. The van der Waals surface area contributed by atoms with Gasteiger partial charge in [0, 0.05) is 33.1 Å². The Morgan fingerprint density at radius 1 is 0.923 bits per heavy atom. The quantitative estimate of drug-likeness (QED) is 0.793. The second-order valence-electron chi connectivity index (χ2n) is 7.08. The maximum absolute atomic E-state index is 13.4. The number of nitrogens with zero attached hydrogens (tertiary/aromatic N) is 2. The third-order valence-electron chi connectivity index (χ3n) is 5.12. The first kappa shape index (κ1) is 18.4. The monoisotopic (exact) mass is 358 g/mol. The van der Waals surface area contributed by atoms with Gasteiger partial charge < -0.3 is 9.80 Å². The Bertz CT molecular complexity index is 690. The molecule has 2 aromatic carbocycles. The third-order valence-corrected chi connectivity index (χ3v) is 5.12. The van der Waals surface area contributed by atoms with Crippen LogP contribution in [0.5, 0.6) is 0 Å². The molecule has 0 aliphatic carbocycles. The van der Waals surface area contributed by atoms with Crippen molar-refractivity contribution >= 4 is 6.03 Å². The minimum Gasteiger partial charge on any atom is -0.331 e. The van der Waals surface area contributed by atoms with Crippen LogP contribution in [0.1, 0.15) is 29.9 Å². The fourth-order valence-electron chi connectivity index (χ4n) is 3.78. The maximum Gasteiger partial charge on any atom is 0.319 e. The fraction of sp³-hybridized carbons (Fsp3) is 0.381. The molecule has 3 nitrogen and oxygen atoms in total. The van der Waals surface area contributed by atoms with E-state index in [2.05, 4.69) is 0 Å². The van der Waals surface area contributed by atoms with Crippen LogP contribution in [0.3, 0.4) is 0 Å². The molecule has 2 aromatic rings. The molecule has 1 aliphatic heterocycles. The van der Waals surface area contributed by atoms with E-state index in [1.54, 1.807) is 43.3 Å². The number of likely N-dealkylation sites (tertiary alicyclic amines) is 1. The van der Waals surface area contributed by atoms with E-state index in [0.717, 1.165) is 24.0 Å². The van der Waals surface area contributed by atoms with Crippen LogP contribution in [-0.4, -0.2) is 43.0 Å². The first-order chi connectivity index (χ1) is 12.5. The van der Waals surface area contributed by atoms with Gasteiger partial charge in [-0.2, -0.15) is 0 Å². The van der Waals surface area contributed by atoms with E-state index < -0.39 is 0 Å². The molecule has 0 atom stereocenters. The van der Waals surface area contributed by atoms with Crippen molar-refractivity contribution in [3.63, 3.8) is 0 Å². The van der Waals surface area contributed by atoms with Crippen molar-refractivity contribution in [3.05, 3.63) is 71.3 Å². The van der Waals surface area contributed by atoms with Crippen molar-refractivity contribution in [2.75, 3.05) is 27.2 Å². The van der Waals surface area contributed by atoms with E-state index in [1.807, 2.05) is 4.90 Å². The van der Waals surface area contributed by atoms with Crippen LogP contribution in [0.4, 0.5) is 13.6 Å². The van der Waals surface area contributed by atoms with Crippen LogP contribution in [0.25, 0.3) is 0 Å². The SMILES string of the molecule is CN(C)C(=O)N1CCC(C(c2ccc(F)cc2)c2ccc(F)cc2)CC1. The van der Waals surface area contributed by atoms with Gasteiger partial charge in [-0.05, 0) is 54.2 Å². The zero-order valence-corrected chi connectivity index (χ0v) is 15.2. The number of benzene rings is 2. The van der Waals surface area contributed by atoms with Gasteiger partial charge in [-0.3, -0.25) is 0 Å². The summed E-state index contributed by atoms with van der Waals surface area (Å²) in [5.41, 5.74) is 2.05. The Morgan fingerprint density at radius 2 is 1.35 bits per heavy atom. The van der Waals surface area contributed by atoms with Crippen molar-refractivity contribution < 1.29 is 13.6 Å². The van der Waals surface area contributed by atoms with Gasteiger partial charge in [0.1, 0.15) is 11.6 Å². The van der Waals surface area contributed by atoms with Crippen molar-refractivity contribution in [1.82, 2.24) is 9.80 Å². The minimum atomic E-state index is -0.266. The van der Waals surface area contributed by atoms with Gasteiger partial charge in [0.05, 0.1) is 0 Å². The Balaban J connectivity index is 1.84. The van der Waals surface area contributed by atoms with E-state index in [9.17, 15) is 13.6 Å². The molecule has 1 saturated heterocycles. The molecule has 0 aromatic heterocycles. The summed E-state index contributed by atoms with van der Waals surface area (Å²) in [5.74, 6) is -0.152. The van der Waals surface area contributed by atoms with E-state index >= 15 is 0 Å². The molecule has 1 fully saturated rings. The minimum absolute atomic E-state index is 0.0311. The Labute approximate surface area is 153 Å². The van der Waals surface area contributed by atoms with Crippen LogP contribution >= 0.6 is 0 Å². The van der Waals surface area contributed by atoms with Gasteiger partial charge in [-0.15, -0.1) is 0 Å². The van der Waals surface area contributed by atoms with Crippen LogP contribution < -0.4 is 0 Å². The molecule has 1 heterocycles. The summed E-state index contributed by atoms with van der Waals surface area (Å²) in [6, 6.07) is 13.1. The molecule has 0 unspecified atom stereocenters. The zero-order chi connectivity index (χ0) is 18.7. The molecule has 0 saturated carbocycles. The lowest BCUT2D eigenvalue weighted by atomic mass is 9.76. The highest BCUT2D eigenvalue weighted by atomic mass is 19.1. The first-order valence-corrected chi connectivity index (χ1v) is 8.93. The van der Waals surface area contributed by atoms with E-state index in [1.165, 1.54) is 24.3 Å².